The molecule has 2 heterocycles. The maximum atomic E-state index is 11.9. The van der Waals surface area contributed by atoms with Crippen LogP contribution in [0.1, 0.15) is 34.0 Å². The van der Waals surface area contributed by atoms with Crippen LogP contribution in [0.2, 0.25) is 0 Å². The number of rotatable bonds is 4. The van der Waals surface area contributed by atoms with Gasteiger partial charge in [-0.25, -0.2) is 0 Å². The quantitative estimate of drug-likeness (QED) is 0.718. The maximum Gasteiger partial charge on any atom is 0.169 e. The van der Waals surface area contributed by atoms with Gasteiger partial charge >= 0.3 is 0 Å². The van der Waals surface area contributed by atoms with Gasteiger partial charge in [-0.1, -0.05) is 30.3 Å². The first-order chi connectivity index (χ1) is 12.3. The molecule has 1 aliphatic rings. The normalized spacial score (nSPS) is 14.3. The van der Waals surface area contributed by atoms with E-state index in [1.54, 1.807) is 24.5 Å². The summed E-state index contributed by atoms with van der Waals surface area (Å²) in [4.78, 5) is 16.0. The molecule has 3 aromatic rings. The molecule has 0 amide bonds. The van der Waals surface area contributed by atoms with Gasteiger partial charge in [0.1, 0.15) is 17.6 Å². The van der Waals surface area contributed by atoms with Gasteiger partial charge in [-0.15, -0.1) is 0 Å². The Labute approximate surface area is 146 Å². The zero-order valence-corrected chi connectivity index (χ0v) is 13.6. The van der Waals surface area contributed by atoms with Gasteiger partial charge in [0.05, 0.1) is 12.2 Å². The SMILES string of the molecule is O=C1CCOc2cc(O[C@@H](c3ccccc3)c3ccncc3)ccc21. The number of pyridine rings is 1. The second-order valence-electron chi connectivity index (χ2n) is 5.87. The Kier molecular flexibility index (Phi) is 4.17. The van der Waals surface area contributed by atoms with E-state index in [2.05, 4.69) is 4.98 Å². The van der Waals surface area contributed by atoms with Crippen molar-refractivity contribution in [2.24, 2.45) is 0 Å². The summed E-state index contributed by atoms with van der Waals surface area (Å²) in [6.07, 6.45) is 3.67. The van der Waals surface area contributed by atoms with Crippen molar-refractivity contribution in [3.8, 4) is 11.5 Å². The molecule has 0 bridgehead atoms. The monoisotopic (exact) mass is 331 g/mol. The molecule has 4 heteroatoms. The molecule has 2 aromatic carbocycles. The Morgan fingerprint density at radius 1 is 0.960 bits per heavy atom. The minimum Gasteiger partial charge on any atom is -0.492 e. The van der Waals surface area contributed by atoms with Crippen LogP contribution in [0.3, 0.4) is 0 Å². The Hall–Kier alpha value is -3.14. The van der Waals surface area contributed by atoms with E-state index in [0.717, 1.165) is 11.1 Å². The van der Waals surface area contributed by atoms with Crippen LogP contribution in [0.4, 0.5) is 0 Å². The highest BCUT2D eigenvalue weighted by molar-refractivity contribution is 5.99. The first kappa shape index (κ1) is 15.4. The van der Waals surface area contributed by atoms with Crippen LogP contribution in [-0.2, 0) is 0 Å². The maximum absolute atomic E-state index is 11.9. The third-order valence-electron chi connectivity index (χ3n) is 4.21. The van der Waals surface area contributed by atoms with E-state index in [0.29, 0.717) is 30.1 Å². The lowest BCUT2D eigenvalue weighted by molar-refractivity contribution is 0.0933. The average Bonchev–Trinajstić information content (AvgIpc) is 2.68. The average molecular weight is 331 g/mol. The van der Waals surface area contributed by atoms with Crippen molar-refractivity contribution in [3.05, 3.63) is 89.7 Å². The number of carbonyl (C=O) groups is 1. The topological polar surface area (TPSA) is 48.4 Å². The third kappa shape index (κ3) is 3.24. The molecule has 124 valence electrons. The second kappa shape index (κ2) is 6.77. The molecular weight excluding hydrogens is 314 g/mol. The zero-order chi connectivity index (χ0) is 17.1. The summed E-state index contributed by atoms with van der Waals surface area (Å²) in [7, 11) is 0. The molecule has 0 aliphatic carbocycles. The van der Waals surface area contributed by atoms with Crippen LogP contribution in [0.15, 0.2) is 73.1 Å². The predicted molar refractivity (Wildman–Crippen MR) is 94.0 cm³/mol. The zero-order valence-electron chi connectivity index (χ0n) is 13.6. The molecule has 0 spiro atoms. The van der Waals surface area contributed by atoms with Gasteiger partial charge in [0, 0.05) is 24.9 Å². The fraction of sp³-hybridized carbons (Fsp3) is 0.143. The van der Waals surface area contributed by atoms with Gasteiger partial charge in [0.25, 0.3) is 0 Å². The van der Waals surface area contributed by atoms with Gasteiger partial charge in [0.2, 0.25) is 0 Å². The number of ketones is 1. The van der Waals surface area contributed by atoms with Gasteiger partial charge < -0.3 is 9.47 Å². The number of carbonyl (C=O) groups excluding carboxylic acids is 1. The van der Waals surface area contributed by atoms with Crippen molar-refractivity contribution >= 4 is 5.78 Å². The Balaban J connectivity index is 1.69. The van der Waals surface area contributed by atoms with Crippen molar-refractivity contribution in [2.45, 2.75) is 12.5 Å². The standard InChI is InChI=1S/C21H17NO3/c23-19-10-13-24-20-14-17(6-7-18(19)20)25-21(15-4-2-1-3-5-15)16-8-11-22-12-9-16/h1-9,11-12,14,21H,10,13H2/t21-/m0/s1. The van der Waals surface area contributed by atoms with E-state index in [4.69, 9.17) is 9.47 Å². The summed E-state index contributed by atoms with van der Waals surface area (Å²) in [5.74, 6) is 1.37. The van der Waals surface area contributed by atoms with Crippen molar-refractivity contribution in [1.29, 1.82) is 0 Å². The summed E-state index contributed by atoms with van der Waals surface area (Å²) in [5.41, 5.74) is 2.68. The molecular formula is C21H17NO3. The number of benzene rings is 2. The van der Waals surface area contributed by atoms with Crippen LogP contribution < -0.4 is 9.47 Å². The molecule has 0 fully saturated rings. The molecule has 0 saturated heterocycles. The number of fused-ring (bicyclic) bond motifs is 1. The lowest BCUT2D eigenvalue weighted by Gasteiger charge is -2.22. The number of aromatic nitrogens is 1. The second-order valence-corrected chi connectivity index (χ2v) is 5.87. The first-order valence-corrected chi connectivity index (χ1v) is 8.23. The summed E-state index contributed by atoms with van der Waals surface area (Å²) >= 11 is 0. The fourth-order valence-corrected chi connectivity index (χ4v) is 2.94. The molecule has 4 rings (SSSR count). The van der Waals surface area contributed by atoms with E-state index in [1.165, 1.54) is 0 Å². The van der Waals surface area contributed by atoms with Crippen molar-refractivity contribution in [3.63, 3.8) is 0 Å². The highest BCUT2D eigenvalue weighted by Crippen LogP contribution is 2.33. The summed E-state index contributed by atoms with van der Waals surface area (Å²) in [5, 5.41) is 0. The van der Waals surface area contributed by atoms with Crippen LogP contribution in [-0.4, -0.2) is 17.4 Å². The minimum absolute atomic E-state index is 0.113. The van der Waals surface area contributed by atoms with Crippen LogP contribution in [0, 0.1) is 0 Å². The van der Waals surface area contributed by atoms with E-state index in [-0.39, 0.29) is 11.9 Å². The molecule has 0 saturated carbocycles. The number of ether oxygens (including phenoxy) is 2. The fourth-order valence-electron chi connectivity index (χ4n) is 2.94. The third-order valence-corrected chi connectivity index (χ3v) is 4.21. The van der Waals surface area contributed by atoms with E-state index < -0.39 is 0 Å². The summed E-state index contributed by atoms with van der Waals surface area (Å²) in [6.45, 7) is 0.418. The van der Waals surface area contributed by atoms with Gasteiger partial charge in [-0.3, -0.25) is 9.78 Å². The van der Waals surface area contributed by atoms with E-state index in [1.807, 2.05) is 48.5 Å². The number of hydrogen-bond acceptors (Lipinski definition) is 4. The predicted octanol–water partition coefficient (Wildman–Crippen LogP) is 4.22. The largest absolute Gasteiger partial charge is 0.492 e. The highest BCUT2D eigenvalue weighted by atomic mass is 16.5. The first-order valence-electron chi connectivity index (χ1n) is 8.23. The number of hydrogen-bond donors (Lipinski definition) is 0. The number of Topliss-reactive ketones (excluding diaryl/α,β-unsaturated/α-hetero) is 1. The van der Waals surface area contributed by atoms with Crippen LogP contribution in [0.5, 0.6) is 11.5 Å². The minimum atomic E-state index is -0.262. The van der Waals surface area contributed by atoms with E-state index >= 15 is 0 Å². The Morgan fingerprint density at radius 3 is 2.52 bits per heavy atom. The Morgan fingerprint density at radius 2 is 1.72 bits per heavy atom. The van der Waals surface area contributed by atoms with Crippen molar-refractivity contribution < 1.29 is 14.3 Å². The van der Waals surface area contributed by atoms with E-state index in [9.17, 15) is 4.79 Å². The Bertz CT molecular complexity index is 839. The summed E-state index contributed by atoms with van der Waals surface area (Å²) in [6, 6.07) is 19.3. The lowest BCUT2D eigenvalue weighted by atomic mass is 10.0. The lowest BCUT2D eigenvalue weighted by Crippen LogP contribution is -2.15. The summed E-state index contributed by atoms with van der Waals surface area (Å²) < 4.78 is 11.9. The van der Waals surface area contributed by atoms with Crippen molar-refractivity contribution in [2.75, 3.05) is 6.61 Å². The molecule has 1 atom stereocenters. The van der Waals surface area contributed by atoms with Gasteiger partial charge in [-0.05, 0) is 35.4 Å². The van der Waals surface area contributed by atoms with Crippen LogP contribution >= 0.6 is 0 Å². The van der Waals surface area contributed by atoms with Gasteiger partial charge in [-0.2, -0.15) is 0 Å². The molecule has 1 aromatic heterocycles. The highest BCUT2D eigenvalue weighted by Gasteiger charge is 2.21. The molecule has 0 radical (unpaired) electrons. The molecule has 4 nitrogen and oxygen atoms in total. The van der Waals surface area contributed by atoms with Crippen molar-refractivity contribution in [1.82, 2.24) is 4.98 Å². The number of nitrogens with zero attached hydrogens (tertiary/aromatic N) is 1. The van der Waals surface area contributed by atoms with Crippen LogP contribution in [0.25, 0.3) is 0 Å². The van der Waals surface area contributed by atoms with Gasteiger partial charge in [0.15, 0.2) is 5.78 Å². The molecule has 0 unspecified atom stereocenters. The molecule has 0 N–H and O–H groups in total. The smallest absolute Gasteiger partial charge is 0.169 e. The molecule has 25 heavy (non-hydrogen) atoms. The molecule has 1 aliphatic heterocycles.